The molecule has 2 rings (SSSR count). The summed E-state index contributed by atoms with van der Waals surface area (Å²) in [5, 5.41) is 2.75. The number of hydrogen-bond acceptors (Lipinski definition) is 5. The van der Waals surface area contributed by atoms with E-state index in [1.165, 1.54) is 0 Å². The summed E-state index contributed by atoms with van der Waals surface area (Å²) in [6.07, 6.45) is 0.157. The Morgan fingerprint density at radius 2 is 1.76 bits per heavy atom. The number of nitrogens with one attached hydrogen (secondary N) is 3. The average Bonchev–Trinajstić information content (AvgIpc) is 3.31. The van der Waals surface area contributed by atoms with Crippen LogP contribution in [-0.2, 0) is 16.1 Å². The van der Waals surface area contributed by atoms with Crippen LogP contribution in [0.2, 0.25) is 0 Å². The van der Waals surface area contributed by atoms with E-state index in [1.54, 1.807) is 20.8 Å². The molecule has 0 aromatic heterocycles. The van der Waals surface area contributed by atoms with Gasteiger partial charge in [0.1, 0.15) is 17.2 Å². The summed E-state index contributed by atoms with van der Waals surface area (Å²) in [5.74, 6) is 0. The largest absolute Gasteiger partial charge is 0.445 e. The number of benzene rings is 1. The molecule has 1 fully saturated rings. The standard InChI is InChI=1S/C17H23N3O4S/c1-16(2,3)24-15(22)20-19-13(25)17(9-10-17)18-14(21)23-11-12-7-5-4-6-8-12/h4-8H,9-11H2,1-3H3,(H,18,21)(H,19,25)(H,20,22). The second-order valence-corrected chi connectivity index (χ2v) is 7.26. The Morgan fingerprint density at radius 3 is 2.32 bits per heavy atom. The fourth-order valence-electron chi connectivity index (χ4n) is 2.02. The summed E-state index contributed by atoms with van der Waals surface area (Å²) in [4.78, 5) is 23.9. The van der Waals surface area contributed by atoms with E-state index in [0.717, 1.165) is 5.56 Å². The van der Waals surface area contributed by atoms with Gasteiger partial charge in [-0.05, 0) is 39.2 Å². The highest BCUT2D eigenvalue weighted by molar-refractivity contribution is 7.80. The molecule has 25 heavy (non-hydrogen) atoms. The smallest absolute Gasteiger partial charge is 0.426 e. The van der Waals surface area contributed by atoms with Crippen molar-refractivity contribution in [3.05, 3.63) is 35.9 Å². The van der Waals surface area contributed by atoms with Crippen LogP contribution in [0.15, 0.2) is 30.3 Å². The molecule has 0 heterocycles. The normalized spacial score (nSPS) is 14.8. The molecule has 0 saturated heterocycles. The summed E-state index contributed by atoms with van der Waals surface area (Å²) in [6.45, 7) is 5.46. The molecular formula is C17H23N3O4S. The lowest BCUT2D eigenvalue weighted by Crippen LogP contribution is -2.53. The molecule has 1 aliphatic carbocycles. The number of carbonyl (C=O) groups is 2. The highest BCUT2D eigenvalue weighted by atomic mass is 32.1. The topological polar surface area (TPSA) is 88.7 Å². The summed E-state index contributed by atoms with van der Waals surface area (Å²) < 4.78 is 10.3. The maximum atomic E-state index is 12.0. The minimum Gasteiger partial charge on any atom is -0.445 e. The van der Waals surface area contributed by atoms with Crippen LogP contribution in [0.3, 0.4) is 0 Å². The molecule has 0 unspecified atom stereocenters. The van der Waals surface area contributed by atoms with Crippen molar-refractivity contribution in [2.75, 3.05) is 0 Å². The maximum Gasteiger partial charge on any atom is 0.426 e. The first-order valence-electron chi connectivity index (χ1n) is 7.98. The molecule has 7 nitrogen and oxygen atoms in total. The molecule has 0 radical (unpaired) electrons. The van der Waals surface area contributed by atoms with E-state index in [9.17, 15) is 9.59 Å². The van der Waals surface area contributed by atoms with Crippen LogP contribution in [0.4, 0.5) is 9.59 Å². The molecule has 1 aromatic carbocycles. The molecule has 2 amide bonds. The molecule has 8 heteroatoms. The second kappa shape index (κ2) is 7.69. The van der Waals surface area contributed by atoms with Crippen molar-refractivity contribution < 1.29 is 19.1 Å². The van der Waals surface area contributed by atoms with Crippen LogP contribution in [-0.4, -0.2) is 28.3 Å². The zero-order valence-electron chi connectivity index (χ0n) is 14.5. The highest BCUT2D eigenvalue weighted by Gasteiger charge is 2.49. The Kier molecular flexibility index (Phi) is 5.84. The monoisotopic (exact) mass is 365 g/mol. The first kappa shape index (κ1) is 19.0. The van der Waals surface area contributed by atoms with Crippen LogP contribution in [0.5, 0.6) is 0 Å². The predicted molar refractivity (Wildman–Crippen MR) is 96.8 cm³/mol. The van der Waals surface area contributed by atoms with Gasteiger partial charge in [-0.3, -0.25) is 5.43 Å². The number of amides is 2. The van der Waals surface area contributed by atoms with Gasteiger partial charge < -0.3 is 14.8 Å². The van der Waals surface area contributed by atoms with Crippen LogP contribution >= 0.6 is 12.2 Å². The molecule has 0 aliphatic heterocycles. The summed E-state index contributed by atoms with van der Waals surface area (Å²) in [6, 6.07) is 9.39. The maximum absolute atomic E-state index is 12.0. The van der Waals surface area contributed by atoms with Crippen molar-refractivity contribution in [1.82, 2.24) is 16.2 Å². The zero-order chi connectivity index (χ0) is 18.5. The van der Waals surface area contributed by atoms with Crippen molar-refractivity contribution in [3.63, 3.8) is 0 Å². The lowest BCUT2D eigenvalue weighted by Gasteiger charge is -2.22. The number of ether oxygens (including phenoxy) is 2. The van der Waals surface area contributed by atoms with Crippen LogP contribution in [0, 0.1) is 0 Å². The molecule has 1 aliphatic rings. The molecule has 0 bridgehead atoms. The van der Waals surface area contributed by atoms with Crippen LogP contribution in [0.1, 0.15) is 39.2 Å². The average molecular weight is 365 g/mol. The van der Waals surface area contributed by atoms with Crippen molar-refractivity contribution in [3.8, 4) is 0 Å². The Bertz CT molecular complexity index is 639. The van der Waals surface area contributed by atoms with Crippen molar-refractivity contribution in [2.45, 2.75) is 51.4 Å². The Balaban J connectivity index is 1.76. The van der Waals surface area contributed by atoms with E-state index < -0.39 is 23.3 Å². The number of hydrazine groups is 1. The number of thiocarbonyl (C=S) groups is 1. The molecule has 3 N–H and O–H groups in total. The summed E-state index contributed by atoms with van der Waals surface area (Å²) >= 11 is 5.26. The van der Waals surface area contributed by atoms with Gasteiger partial charge in [0.05, 0.1) is 5.54 Å². The Hall–Kier alpha value is -2.35. The lowest BCUT2D eigenvalue weighted by molar-refractivity contribution is 0.0513. The minimum atomic E-state index is -0.682. The quantitative estimate of drug-likeness (QED) is 0.562. The Morgan fingerprint density at radius 1 is 1.12 bits per heavy atom. The summed E-state index contributed by atoms with van der Waals surface area (Å²) in [7, 11) is 0. The van der Waals surface area contributed by atoms with E-state index >= 15 is 0 Å². The van der Waals surface area contributed by atoms with E-state index in [-0.39, 0.29) is 6.61 Å². The molecule has 1 saturated carbocycles. The number of rotatable bonds is 4. The zero-order valence-corrected chi connectivity index (χ0v) is 15.4. The number of carbonyl (C=O) groups excluding carboxylic acids is 2. The molecule has 136 valence electrons. The van der Waals surface area contributed by atoms with E-state index in [1.807, 2.05) is 30.3 Å². The lowest BCUT2D eigenvalue weighted by atomic mass is 10.2. The predicted octanol–water partition coefficient (Wildman–Crippen LogP) is 2.80. The van der Waals surface area contributed by atoms with Gasteiger partial charge in [-0.25, -0.2) is 15.0 Å². The molecular weight excluding hydrogens is 342 g/mol. The third-order valence-corrected chi connectivity index (χ3v) is 3.91. The van der Waals surface area contributed by atoms with Crippen LogP contribution in [0.25, 0.3) is 0 Å². The van der Waals surface area contributed by atoms with E-state index in [2.05, 4.69) is 16.2 Å². The van der Waals surface area contributed by atoms with Gasteiger partial charge in [0.25, 0.3) is 0 Å². The molecule has 0 spiro atoms. The number of hydrogen-bond donors (Lipinski definition) is 3. The van der Waals surface area contributed by atoms with Crippen molar-refractivity contribution in [2.24, 2.45) is 0 Å². The minimum absolute atomic E-state index is 0.180. The van der Waals surface area contributed by atoms with Gasteiger partial charge in [0, 0.05) is 0 Å². The Labute approximate surface area is 152 Å². The van der Waals surface area contributed by atoms with Crippen LogP contribution < -0.4 is 16.2 Å². The molecule has 0 atom stereocenters. The fourth-order valence-corrected chi connectivity index (χ4v) is 2.33. The number of alkyl carbamates (subject to hydrolysis) is 1. The first-order valence-corrected chi connectivity index (χ1v) is 8.39. The van der Waals surface area contributed by atoms with Gasteiger partial charge in [0.15, 0.2) is 0 Å². The van der Waals surface area contributed by atoms with Gasteiger partial charge in [-0.2, -0.15) is 0 Å². The third-order valence-electron chi connectivity index (χ3n) is 3.42. The summed E-state index contributed by atoms with van der Waals surface area (Å²) in [5.41, 5.74) is 4.60. The highest BCUT2D eigenvalue weighted by Crippen LogP contribution is 2.36. The molecule has 1 aromatic rings. The first-order chi connectivity index (χ1) is 11.7. The van der Waals surface area contributed by atoms with Gasteiger partial charge in [-0.15, -0.1) is 0 Å². The third kappa shape index (κ3) is 6.22. The van der Waals surface area contributed by atoms with Gasteiger partial charge in [0.2, 0.25) is 0 Å². The fraction of sp³-hybridized carbons (Fsp3) is 0.471. The van der Waals surface area contributed by atoms with Crippen molar-refractivity contribution >= 4 is 29.4 Å². The van der Waals surface area contributed by atoms with Gasteiger partial charge in [-0.1, -0.05) is 42.5 Å². The second-order valence-electron chi connectivity index (χ2n) is 6.85. The van der Waals surface area contributed by atoms with E-state index in [0.29, 0.717) is 17.8 Å². The SMILES string of the molecule is CC(C)(C)OC(=O)NNC(=S)C1(NC(=O)OCc2ccccc2)CC1. The van der Waals surface area contributed by atoms with Crippen molar-refractivity contribution in [1.29, 1.82) is 0 Å². The van der Waals surface area contributed by atoms with E-state index in [4.69, 9.17) is 21.7 Å². The van der Waals surface area contributed by atoms with Gasteiger partial charge >= 0.3 is 12.2 Å².